The Morgan fingerprint density at radius 1 is 1.20 bits per heavy atom. The Morgan fingerprint density at radius 2 is 1.90 bits per heavy atom. The van der Waals surface area contributed by atoms with Crippen LogP contribution in [-0.4, -0.2) is 26.2 Å². The Labute approximate surface area is 115 Å². The number of carboxylic acid groups (broad SMARTS) is 1. The lowest BCUT2D eigenvalue weighted by Gasteiger charge is -2.23. The Bertz CT molecular complexity index is 589. The third kappa shape index (κ3) is 2.54. The maximum atomic E-state index is 10.9. The molecular formula is C14H15N3O3. The number of hydrogen-bond donors (Lipinski definition) is 1. The molecule has 2 aromatic rings. The third-order valence-electron chi connectivity index (χ3n) is 3.81. The van der Waals surface area contributed by atoms with Gasteiger partial charge in [-0.05, 0) is 37.8 Å². The summed E-state index contributed by atoms with van der Waals surface area (Å²) < 4.78 is 5.33. The molecule has 104 valence electrons. The van der Waals surface area contributed by atoms with Gasteiger partial charge in [-0.25, -0.2) is 0 Å². The highest BCUT2D eigenvalue weighted by atomic mass is 16.5. The zero-order chi connectivity index (χ0) is 13.9. The number of nitrogens with zero attached hydrogens (tertiary/aromatic N) is 3. The first kappa shape index (κ1) is 12.8. The molecule has 0 aromatic carbocycles. The molecule has 0 bridgehead atoms. The minimum Gasteiger partial charge on any atom is -0.481 e. The zero-order valence-electron chi connectivity index (χ0n) is 10.9. The highest BCUT2D eigenvalue weighted by molar-refractivity contribution is 5.70. The van der Waals surface area contributed by atoms with Crippen molar-refractivity contribution in [2.45, 2.75) is 31.6 Å². The van der Waals surface area contributed by atoms with Gasteiger partial charge < -0.3 is 9.63 Å². The Morgan fingerprint density at radius 3 is 2.55 bits per heavy atom. The summed E-state index contributed by atoms with van der Waals surface area (Å²) in [6.45, 7) is 0. The molecule has 1 aliphatic rings. The van der Waals surface area contributed by atoms with E-state index < -0.39 is 5.97 Å². The molecule has 0 radical (unpaired) electrons. The van der Waals surface area contributed by atoms with Gasteiger partial charge in [0, 0.05) is 23.9 Å². The summed E-state index contributed by atoms with van der Waals surface area (Å²) >= 11 is 0. The summed E-state index contributed by atoms with van der Waals surface area (Å²) in [7, 11) is 0. The molecule has 0 amide bonds. The second-order valence-corrected chi connectivity index (χ2v) is 5.08. The third-order valence-corrected chi connectivity index (χ3v) is 3.81. The fourth-order valence-electron chi connectivity index (χ4n) is 2.61. The quantitative estimate of drug-likeness (QED) is 0.924. The molecule has 6 heteroatoms. The zero-order valence-corrected chi connectivity index (χ0v) is 10.9. The van der Waals surface area contributed by atoms with Crippen LogP contribution in [0.4, 0.5) is 0 Å². The molecule has 1 aliphatic carbocycles. The number of carboxylic acids is 1. The van der Waals surface area contributed by atoms with Crippen molar-refractivity contribution in [2.75, 3.05) is 0 Å². The van der Waals surface area contributed by atoms with Crippen LogP contribution in [0.15, 0.2) is 29.0 Å². The fourth-order valence-corrected chi connectivity index (χ4v) is 2.61. The van der Waals surface area contributed by atoms with Crippen LogP contribution in [0, 0.1) is 5.92 Å². The summed E-state index contributed by atoms with van der Waals surface area (Å²) in [6.07, 6.45) is 6.29. The van der Waals surface area contributed by atoms with Gasteiger partial charge in [0.25, 0.3) is 0 Å². The van der Waals surface area contributed by atoms with Crippen LogP contribution in [-0.2, 0) is 4.79 Å². The molecule has 0 atom stereocenters. The van der Waals surface area contributed by atoms with Gasteiger partial charge in [-0.15, -0.1) is 0 Å². The van der Waals surface area contributed by atoms with Gasteiger partial charge in [0.1, 0.15) is 0 Å². The van der Waals surface area contributed by atoms with Crippen LogP contribution in [0.25, 0.3) is 11.4 Å². The normalized spacial score (nSPS) is 22.6. The van der Waals surface area contributed by atoms with Gasteiger partial charge in [-0.3, -0.25) is 9.78 Å². The maximum Gasteiger partial charge on any atom is 0.306 e. The molecule has 20 heavy (non-hydrogen) atoms. The second kappa shape index (κ2) is 5.40. The van der Waals surface area contributed by atoms with Crippen LogP contribution in [0.1, 0.15) is 37.5 Å². The van der Waals surface area contributed by atoms with Gasteiger partial charge in [0.05, 0.1) is 5.92 Å². The van der Waals surface area contributed by atoms with Crippen molar-refractivity contribution in [1.82, 2.24) is 15.1 Å². The maximum absolute atomic E-state index is 10.9. The van der Waals surface area contributed by atoms with Crippen LogP contribution >= 0.6 is 0 Å². The van der Waals surface area contributed by atoms with Crippen molar-refractivity contribution >= 4 is 5.97 Å². The van der Waals surface area contributed by atoms with E-state index in [0.29, 0.717) is 24.6 Å². The molecule has 0 unspecified atom stereocenters. The summed E-state index contributed by atoms with van der Waals surface area (Å²) in [5, 5.41) is 13.0. The van der Waals surface area contributed by atoms with E-state index in [1.807, 2.05) is 12.1 Å². The largest absolute Gasteiger partial charge is 0.481 e. The summed E-state index contributed by atoms with van der Waals surface area (Å²) in [5.74, 6) is 0.414. The molecule has 6 nitrogen and oxygen atoms in total. The average Bonchev–Trinajstić information content (AvgIpc) is 2.98. The molecule has 3 rings (SSSR count). The first-order valence-corrected chi connectivity index (χ1v) is 6.71. The lowest BCUT2D eigenvalue weighted by Crippen LogP contribution is -2.20. The van der Waals surface area contributed by atoms with E-state index in [1.165, 1.54) is 0 Å². The molecular weight excluding hydrogens is 258 g/mol. The standard InChI is InChI=1S/C14H15N3O3/c18-14(19)11-3-1-10(2-4-11)13-16-12(17-20-13)9-5-7-15-8-6-9/h5-8,10-11H,1-4H2,(H,18,19). The van der Waals surface area contributed by atoms with Crippen LogP contribution < -0.4 is 0 Å². The monoisotopic (exact) mass is 273 g/mol. The van der Waals surface area contributed by atoms with E-state index in [9.17, 15) is 4.79 Å². The predicted molar refractivity (Wildman–Crippen MR) is 69.9 cm³/mol. The first-order chi connectivity index (χ1) is 9.74. The molecule has 2 heterocycles. The molecule has 1 saturated carbocycles. The van der Waals surface area contributed by atoms with Gasteiger partial charge in [0.15, 0.2) is 0 Å². The van der Waals surface area contributed by atoms with Crippen LogP contribution in [0.5, 0.6) is 0 Å². The highest BCUT2D eigenvalue weighted by Gasteiger charge is 2.29. The van der Waals surface area contributed by atoms with E-state index in [0.717, 1.165) is 18.4 Å². The lowest BCUT2D eigenvalue weighted by atomic mass is 9.82. The highest BCUT2D eigenvalue weighted by Crippen LogP contribution is 2.35. The van der Waals surface area contributed by atoms with E-state index in [1.54, 1.807) is 12.4 Å². The van der Waals surface area contributed by atoms with Crippen molar-refractivity contribution in [3.63, 3.8) is 0 Å². The Hall–Kier alpha value is -2.24. The molecule has 1 N–H and O–H groups in total. The number of aliphatic carboxylic acids is 1. The molecule has 0 spiro atoms. The van der Waals surface area contributed by atoms with Crippen molar-refractivity contribution in [2.24, 2.45) is 5.92 Å². The summed E-state index contributed by atoms with van der Waals surface area (Å²) in [6, 6.07) is 3.66. The van der Waals surface area contributed by atoms with E-state index >= 15 is 0 Å². The molecule has 1 fully saturated rings. The van der Waals surface area contributed by atoms with Crippen molar-refractivity contribution in [3.05, 3.63) is 30.4 Å². The van der Waals surface area contributed by atoms with Gasteiger partial charge in [0.2, 0.25) is 11.7 Å². The van der Waals surface area contributed by atoms with E-state index in [2.05, 4.69) is 15.1 Å². The summed E-state index contributed by atoms with van der Waals surface area (Å²) in [4.78, 5) is 19.3. The average molecular weight is 273 g/mol. The number of pyridine rings is 1. The van der Waals surface area contributed by atoms with Gasteiger partial charge in [-0.1, -0.05) is 5.16 Å². The lowest BCUT2D eigenvalue weighted by molar-refractivity contribution is -0.142. The van der Waals surface area contributed by atoms with E-state index in [4.69, 9.17) is 9.63 Å². The van der Waals surface area contributed by atoms with Crippen molar-refractivity contribution in [1.29, 1.82) is 0 Å². The van der Waals surface area contributed by atoms with Crippen LogP contribution in [0.2, 0.25) is 0 Å². The minimum atomic E-state index is -0.702. The smallest absolute Gasteiger partial charge is 0.306 e. The Kier molecular flexibility index (Phi) is 3.45. The second-order valence-electron chi connectivity index (χ2n) is 5.08. The van der Waals surface area contributed by atoms with Crippen LogP contribution in [0.3, 0.4) is 0 Å². The SMILES string of the molecule is O=C(O)C1CCC(c2nc(-c3ccncc3)no2)CC1. The fraction of sp³-hybridized carbons (Fsp3) is 0.429. The number of rotatable bonds is 3. The number of aromatic nitrogens is 3. The Balaban J connectivity index is 1.71. The van der Waals surface area contributed by atoms with Crippen molar-refractivity contribution < 1.29 is 14.4 Å². The summed E-state index contributed by atoms with van der Waals surface area (Å²) in [5.41, 5.74) is 0.870. The molecule has 0 aliphatic heterocycles. The molecule has 2 aromatic heterocycles. The van der Waals surface area contributed by atoms with E-state index in [-0.39, 0.29) is 11.8 Å². The predicted octanol–water partition coefficient (Wildman–Crippen LogP) is 2.49. The van der Waals surface area contributed by atoms with Gasteiger partial charge in [-0.2, -0.15) is 4.98 Å². The topological polar surface area (TPSA) is 89.1 Å². The van der Waals surface area contributed by atoms with Crippen molar-refractivity contribution in [3.8, 4) is 11.4 Å². The first-order valence-electron chi connectivity index (χ1n) is 6.71. The number of hydrogen-bond acceptors (Lipinski definition) is 5. The van der Waals surface area contributed by atoms with Gasteiger partial charge >= 0.3 is 5.97 Å². The molecule has 0 saturated heterocycles. The minimum absolute atomic E-state index is 0.175. The number of carbonyl (C=O) groups is 1.